The molecule has 2 nitrogen and oxygen atoms in total. The second-order valence-electron chi connectivity index (χ2n) is 4.08. The van der Waals surface area contributed by atoms with Crippen molar-refractivity contribution in [3.8, 4) is 0 Å². The highest BCUT2D eigenvalue weighted by Gasteiger charge is 2.26. The van der Waals surface area contributed by atoms with E-state index in [9.17, 15) is 4.79 Å². The van der Waals surface area contributed by atoms with Crippen molar-refractivity contribution in [2.45, 2.75) is 25.8 Å². The number of rotatable bonds is 2. The highest BCUT2D eigenvalue weighted by atomic mass is 79.9. The number of piperidine rings is 1. The van der Waals surface area contributed by atoms with Crippen molar-refractivity contribution in [1.29, 1.82) is 0 Å². The van der Waals surface area contributed by atoms with Crippen molar-refractivity contribution in [3.05, 3.63) is 20.8 Å². The Hall–Kier alpha value is -0.190. The van der Waals surface area contributed by atoms with Gasteiger partial charge in [0.25, 0.3) is 0 Å². The topological polar surface area (TPSA) is 29.1 Å². The highest BCUT2D eigenvalue weighted by molar-refractivity contribution is 9.10. The molecule has 82 valence electrons. The summed E-state index contributed by atoms with van der Waals surface area (Å²) in [6, 6.07) is 0.556. The van der Waals surface area contributed by atoms with Gasteiger partial charge in [0, 0.05) is 39.3 Å². The van der Waals surface area contributed by atoms with Gasteiger partial charge in [0.2, 0.25) is 0 Å². The number of hydrogen-bond donors (Lipinski definition) is 1. The number of ketones is 1. The molecule has 0 amide bonds. The first-order chi connectivity index (χ1) is 7.18. The molecular formula is C11H14BrNOS. The van der Waals surface area contributed by atoms with Crippen LogP contribution in [0.2, 0.25) is 0 Å². The predicted molar refractivity (Wildman–Crippen MR) is 66.5 cm³/mol. The molecule has 0 aliphatic carbocycles. The normalized spacial score (nSPS) is 26.5. The summed E-state index contributed by atoms with van der Waals surface area (Å²) in [6.45, 7) is 2.99. The maximum Gasteiger partial charge on any atom is 0.169 e. The molecular weight excluding hydrogens is 274 g/mol. The Morgan fingerprint density at radius 2 is 2.33 bits per heavy atom. The number of hydrogen-bond acceptors (Lipinski definition) is 3. The van der Waals surface area contributed by atoms with Gasteiger partial charge in [-0.15, -0.1) is 0 Å². The molecule has 1 aromatic heterocycles. The Morgan fingerprint density at radius 3 is 2.87 bits per heavy atom. The minimum atomic E-state index is 0.159. The van der Waals surface area contributed by atoms with Gasteiger partial charge < -0.3 is 5.32 Å². The summed E-state index contributed by atoms with van der Waals surface area (Å²) in [5, 5.41) is 7.26. The Morgan fingerprint density at radius 1 is 1.53 bits per heavy atom. The number of thiophene rings is 1. The fraction of sp³-hybridized carbons (Fsp3) is 0.545. The molecule has 1 aliphatic rings. The number of carbonyl (C=O) groups is 1. The molecule has 1 aliphatic heterocycles. The van der Waals surface area contributed by atoms with Crippen molar-refractivity contribution < 1.29 is 4.79 Å². The van der Waals surface area contributed by atoms with E-state index in [1.807, 2.05) is 10.8 Å². The number of halogens is 1. The van der Waals surface area contributed by atoms with E-state index in [2.05, 4.69) is 28.2 Å². The molecule has 0 spiro atoms. The summed E-state index contributed by atoms with van der Waals surface area (Å²) in [5.41, 5.74) is 0.848. The van der Waals surface area contributed by atoms with Crippen LogP contribution in [0.25, 0.3) is 0 Å². The van der Waals surface area contributed by atoms with Crippen LogP contribution in [0.15, 0.2) is 15.2 Å². The molecule has 1 aromatic rings. The van der Waals surface area contributed by atoms with E-state index in [0.29, 0.717) is 6.04 Å². The molecule has 15 heavy (non-hydrogen) atoms. The van der Waals surface area contributed by atoms with E-state index in [1.165, 1.54) is 0 Å². The van der Waals surface area contributed by atoms with Gasteiger partial charge in [-0.1, -0.05) is 0 Å². The van der Waals surface area contributed by atoms with E-state index in [1.54, 1.807) is 11.3 Å². The van der Waals surface area contributed by atoms with Crippen LogP contribution >= 0.6 is 27.3 Å². The third kappa shape index (κ3) is 2.49. The monoisotopic (exact) mass is 287 g/mol. The van der Waals surface area contributed by atoms with Crippen molar-refractivity contribution in [3.63, 3.8) is 0 Å². The second-order valence-corrected chi connectivity index (χ2v) is 5.68. The number of nitrogens with one attached hydrogen (secondary N) is 1. The van der Waals surface area contributed by atoms with Gasteiger partial charge >= 0.3 is 0 Å². The standard InChI is InChI=1S/C11H14BrNOS/c1-7-2-3-8(4-13-7)11(14)9-5-15-6-10(9)12/h5-8,13H,2-4H2,1H3. The lowest BCUT2D eigenvalue weighted by atomic mass is 9.89. The van der Waals surface area contributed by atoms with Crippen LogP contribution in [-0.4, -0.2) is 18.4 Å². The Labute approximate surface area is 102 Å². The number of carbonyl (C=O) groups excluding carboxylic acids is 1. The molecule has 2 rings (SSSR count). The molecule has 0 aromatic carbocycles. The van der Waals surface area contributed by atoms with Crippen molar-refractivity contribution in [1.82, 2.24) is 5.32 Å². The van der Waals surface area contributed by atoms with Crippen LogP contribution < -0.4 is 5.32 Å². The average Bonchev–Trinajstić information content (AvgIpc) is 2.65. The van der Waals surface area contributed by atoms with Crippen LogP contribution in [0, 0.1) is 5.92 Å². The van der Waals surface area contributed by atoms with Crippen molar-refractivity contribution in [2.24, 2.45) is 5.92 Å². The molecule has 2 atom stereocenters. The molecule has 1 fully saturated rings. The first-order valence-corrected chi connectivity index (χ1v) is 6.91. The molecule has 0 bridgehead atoms. The molecule has 1 N–H and O–H groups in total. The highest BCUT2D eigenvalue weighted by Crippen LogP contribution is 2.26. The summed E-state index contributed by atoms with van der Waals surface area (Å²) in [7, 11) is 0. The molecule has 2 heterocycles. The molecule has 0 radical (unpaired) electrons. The van der Waals surface area contributed by atoms with E-state index in [4.69, 9.17) is 0 Å². The third-order valence-corrected chi connectivity index (χ3v) is 4.61. The third-order valence-electron chi connectivity index (χ3n) is 2.91. The second kappa shape index (κ2) is 4.76. The maximum atomic E-state index is 12.1. The summed E-state index contributed by atoms with van der Waals surface area (Å²) in [5.74, 6) is 0.439. The maximum absolute atomic E-state index is 12.1. The van der Waals surface area contributed by atoms with Crippen LogP contribution in [-0.2, 0) is 0 Å². The van der Waals surface area contributed by atoms with Gasteiger partial charge in [-0.2, -0.15) is 11.3 Å². The summed E-state index contributed by atoms with van der Waals surface area (Å²) in [4.78, 5) is 12.1. The Balaban J connectivity index is 2.06. The van der Waals surface area contributed by atoms with Gasteiger partial charge in [-0.25, -0.2) is 0 Å². The lowest BCUT2D eigenvalue weighted by molar-refractivity contribution is 0.0891. The Bertz CT molecular complexity index is 355. The van der Waals surface area contributed by atoms with Gasteiger partial charge in [0.1, 0.15) is 0 Å². The summed E-state index contributed by atoms with van der Waals surface area (Å²) in [6.07, 6.45) is 2.10. The van der Waals surface area contributed by atoms with Crippen LogP contribution in [0.4, 0.5) is 0 Å². The zero-order valence-corrected chi connectivity index (χ0v) is 11.0. The van der Waals surface area contributed by atoms with Gasteiger partial charge in [-0.3, -0.25) is 4.79 Å². The van der Waals surface area contributed by atoms with Crippen molar-refractivity contribution >= 4 is 33.0 Å². The minimum Gasteiger partial charge on any atom is -0.314 e. The lowest BCUT2D eigenvalue weighted by Crippen LogP contribution is -2.39. The summed E-state index contributed by atoms with van der Waals surface area (Å²) < 4.78 is 0.941. The van der Waals surface area contributed by atoms with Gasteiger partial charge in [0.15, 0.2) is 5.78 Å². The molecule has 4 heteroatoms. The minimum absolute atomic E-state index is 0.159. The SMILES string of the molecule is CC1CCC(C(=O)c2cscc2Br)CN1. The fourth-order valence-electron chi connectivity index (χ4n) is 1.90. The number of Topliss-reactive ketones (excluding diaryl/α,β-unsaturated/α-hetero) is 1. The fourth-order valence-corrected chi connectivity index (χ4v) is 3.38. The molecule has 1 saturated heterocycles. The van der Waals surface area contributed by atoms with E-state index >= 15 is 0 Å². The van der Waals surface area contributed by atoms with Crippen LogP contribution in [0.5, 0.6) is 0 Å². The zero-order valence-electron chi connectivity index (χ0n) is 8.63. The lowest BCUT2D eigenvalue weighted by Gasteiger charge is -2.26. The zero-order chi connectivity index (χ0) is 10.8. The average molecular weight is 288 g/mol. The smallest absolute Gasteiger partial charge is 0.169 e. The molecule has 0 saturated carbocycles. The Kier molecular flexibility index (Phi) is 3.59. The van der Waals surface area contributed by atoms with Crippen molar-refractivity contribution in [2.75, 3.05) is 6.54 Å². The van der Waals surface area contributed by atoms with Gasteiger partial charge in [-0.05, 0) is 35.7 Å². The first kappa shape index (κ1) is 11.3. The molecule has 2 unspecified atom stereocenters. The van der Waals surface area contributed by atoms with E-state index in [0.717, 1.165) is 29.4 Å². The van der Waals surface area contributed by atoms with Gasteiger partial charge in [0.05, 0.1) is 0 Å². The largest absolute Gasteiger partial charge is 0.314 e. The van der Waals surface area contributed by atoms with E-state index < -0.39 is 0 Å². The summed E-state index contributed by atoms with van der Waals surface area (Å²) >= 11 is 4.99. The predicted octanol–water partition coefficient (Wildman–Crippen LogP) is 3.08. The van der Waals surface area contributed by atoms with E-state index in [-0.39, 0.29) is 11.7 Å². The van der Waals surface area contributed by atoms with Crippen LogP contribution in [0.3, 0.4) is 0 Å². The quantitative estimate of drug-likeness (QED) is 0.847. The first-order valence-electron chi connectivity index (χ1n) is 5.17. The van der Waals surface area contributed by atoms with Crippen LogP contribution in [0.1, 0.15) is 30.1 Å².